The number of rotatable bonds is 2. The molecule has 0 aliphatic carbocycles. The highest BCUT2D eigenvalue weighted by atomic mass is 79.9. The minimum absolute atomic E-state index is 0.446. The van der Waals surface area contributed by atoms with Crippen LogP contribution in [0.15, 0.2) is 22.0 Å². The summed E-state index contributed by atoms with van der Waals surface area (Å²) in [5.41, 5.74) is 9.77. The lowest BCUT2D eigenvalue weighted by molar-refractivity contribution is 0.886. The third kappa shape index (κ3) is 2.09. The summed E-state index contributed by atoms with van der Waals surface area (Å²) < 4.78 is 3.09. The van der Waals surface area contributed by atoms with E-state index >= 15 is 0 Å². The number of thiazole rings is 1. The largest absolute Gasteiger partial charge is 0.331 e. The van der Waals surface area contributed by atoms with Gasteiger partial charge in [0.2, 0.25) is 0 Å². The predicted molar refractivity (Wildman–Crippen MR) is 82.2 cm³/mol. The van der Waals surface area contributed by atoms with Gasteiger partial charge in [-0.1, -0.05) is 0 Å². The maximum atomic E-state index is 5.65. The quantitative estimate of drug-likeness (QED) is 0.781. The molecule has 0 saturated heterocycles. The average Bonchev–Trinajstić information content (AvgIpc) is 2.91. The van der Waals surface area contributed by atoms with Gasteiger partial charge >= 0.3 is 0 Å². The Hall–Kier alpha value is -1.24. The highest BCUT2D eigenvalue weighted by Gasteiger charge is 2.11. The first-order valence-electron chi connectivity index (χ1n) is 5.89. The molecule has 0 aliphatic rings. The minimum Gasteiger partial charge on any atom is -0.331 e. The number of hydrogen-bond acceptors (Lipinski definition) is 4. The van der Waals surface area contributed by atoms with Crippen molar-refractivity contribution >= 4 is 38.3 Å². The smallest absolute Gasteiger partial charge is 0.124 e. The Morgan fingerprint density at radius 2 is 2.16 bits per heavy atom. The molecule has 6 heteroatoms. The van der Waals surface area contributed by atoms with Crippen molar-refractivity contribution in [3.05, 3.63) is 33.5 Å². The maximum absolute atomic E-state index is 5.65. The fraction of sp³-hybridized carbons (Fsp3) is 0.231. The van der Waals surface area contributed by atoms with Crippen LogP contribution < -0.4 is 5.73 Å². The summed E-state index contributed by atoms with van der Waals surface area (Å²) in [5, 5.41) is 0.970. The number of benzene rings is 1. The zero-order valence-electron chi connectivity index (χ0n) is 10.6. The van der Waals surface area contributed by atoms with E-state index in [0.29, 0.717) is 6.54 Å². The number of hydrogen-bond donors (Lipinski definition) is 1. The zero-order chi connectivity index (χ0) is 13.6. The van der Waals surface area contributed by atoms with E-state index in [1.165, 1.54) is 0 Å². The second-order valence-corrected chi connectivity index (χ2v) is 6.68. The average molecular weight is 337 g/mol. The lowest BCUT2D eigenvalue weighted by atomic mass is 10.2. The summed E-state index contributed by atoms with van der Waals surface area (Å²) in [6.07, 6.45) is 0. The minimum atomic E-state index is 0.446. The highest BCUT2D eigenvalue weighted by Crippen LogP contribution is 2.33. The third-order valence-corrected chi connectivity index (χ3v) is 5.07. The number of aromatic nitrogens is 3. The molecule has 19 heavy (non-hydrogen) atoms. The maximum Gasteiger partial charge on any atom is 0.124 e. The normalized spacial score (nSPS) is 11.4. The van der Waals surface area contributed by atoms with Gasteiger partial charge in [0.25, 0.3) is 0 Å². The molecule has 2 heterocycles. The van der Waals surface area contributed by atoms with Gasteiger partial charge in [-0.05, 0) is 41.1 Å². The van der Waals surface area contributed by atoms with E-state index in [2.05, 4.69) is 48.7 Å². The Kier molecular flexibility index (Phi) is 3.16. The highest BCUT2D eigenvalue weighted by molar-refractivity contribution is 9.11. The molecule has 0 atom stereocenters. The van der Waals surface area contributed by atoms with Crippen LogP contribution in [0.1, 0.15) is 11.5 Å². The van der Waals surface area contributed by atoms with Crippen LogP contribution in [0.4, 0.5) is 0 Å². The topological polar surface area (TPSA) is 56.7 Å². The summed E-state index contributed by atoms with van der Waals surface area (Å²) in [6.45, 7) is 2.45. The second-order valence-electron chi connectivity index (χ2n) is 4.37. The number of aryl methyl sites for hydroxylation is 2. The fourth-order valence-corrected chi connectivity index (χ4v) is 3.56. The van der Waals surface area contributed by atoms with Gasteiger partial charge in [-0.2, -0.15) is 0 Å². The molecule has 2 N–H and O–H groups in total. The van der Waals surface area contributed by atoms with Gasteiger partial charge in [-0.3, -0.25) is 0 Å². The first kappa shape index (κ1) is 12.8. The van der Waals surface area contributed by atoms with Gasteiger partial charge < -0.3 is 10.3 Å². The van der Waals surface area contributed by atoms with Crippen LogP contribution in [0.25, 0.3) is 21.6 Å². The number of imidazole rings is 1. The van der Waals surface area contributed by atoms with E-state index in [1.807, 2.05) is 14.0 Å². The third-order valence-electron chi connectivity index (χ3n) is 3.19. The molecule has 98 valence electrons. The van der Waals surface area contributed by atoms with Crippen LogP contribution in [0.3, 0.4) is 0 Å². The van der Waals surface area contributed by atoms with Crippen molar-refractivity contribution in [3.63, 3.8) is 0 Å². The van der Waals surface area contributed by atoms with Gasteiger partial charge in [0.1, 0.15) is 10.8 Å². The molecule has 1 aromatic carbocycles. The zero-order valence-corrected chi connectivity index (χ0v) is 13.0. The fourth-order valence-electron chi connectivity index (χ4n) is 2.04. The Morgan fingerprint density at radius 1 is 1.37 bits per heavy atom. The van der Waals surface area contributed by atoms with Crippen LogP contribution >= 0.6 is 27.3 Å². The van der Waals surface area contributed by atoms with Crippen molar-refractivity contribution in [1.29, 1.82) is 0 Å². The summed E-state index contributed by atoms with van der Waals surface area (Å²) in [6, 6.07) is 6.24. The van der Waals surface area contributed by atoms with Crippen molar-refractivity contribution in [2.24, 2.45) is 12.8 Å². The van der Waals surface area contributed by atoms with Gasteiger partial charge in [-0.15, -0.1) is 11.3 Å². The van der Waals surface area contributed by atoms with Crippen molar-refractivity contribution in [1.82, 2.24) is 14.5 Å². The summed E-state index contributed by atoms with van der Waals surface area (Å²) in [4.78, 5) is 9.10. The molecule has 4 nitrogen and oxygen atoms in total. The first-order chi connectivity index (χ1) is 9.10. The SMILES string of the molecule is Cc1nc2cc(-c3nc(CN)c(Br)s3)ccc2n1C. The lowest BCUT2D eigenvalue weighted by Crippen LogP contribution is -1.96. The summed E-state index contributed by atoms with van der Waals surface area (Å²) >= 11 is 5.10. The number of halogens is 1. The molecule has 0 saturated carbocycles. The van der Waals surface area contributed by atoms with Gasteiger partial charge in [0.15, 0.2) is 0 Å². The van der Waals surface area contributed by atoms with Crippen molar-refractivity contribution in [2.45, 2.75) is 13.5 Å². The Morgan fingerprint density at radius 3 is 2.84 bits per heavy atom. The second kappa shape index (κ2) is 4.70. The first-order valence-corrected chi connectivity index (χ1v) is 7.50. The van der Waals surface area contributed by atoms with Gasteiger partial charge in [0, 0.05) is 19.2 Å². The van der Waals surface area contributed by atoms with E-state index in [-0.39, 0.29) is 0 Å². The van der Waals surface area contributed by atoms with E-state index < -0.39 is 0 Å². The van der Waals surface area contributed by atoms with E-state index in [4.69, 9.17) is 5.73 Å². The molecule has 0 aliphatic heterocycles. The van der Waals surface area contributed by atoms with Crippen molar-refractivity contribution in [3.8, 4) is 10.6 Å². The lowest BCUT2D eigenvalue weighted by Gasteiger charge is -1.98. The Bertz CT molecular complexity index is 759. The molecule has 0 unspecified atom stereocenters. The Balaban J connectivity index is 2.14. The summed E-state index contributed by atoms with van der Waals surface area (Å²) in [5.74, 6) is 1.01. The number of nitrogens with zero attached hydrogens (tertiary/aromatic N) is 3. The van der Waals surface area contributed by atoms with Gasteiger partial charge in [0.05, 0.1) is 20.5 Å². The standard InChI is InChI=1S/C13H13BrN4S/c1-7-16-9-5-8(3-4-11(9)18(7)2)13-17-10(6-15)12(14)19-13/h3-5H,6,15H2,1-2H3. The molecule has 0 bridgehead atoms. The van der Waals surface area contributed by atoms with Gasteiger partial charge in [-0.25, -0.2) is 9.97 Å². The monoisotopic (exact) mass is 336 g/mol. The Labute approximate surface area is 123 Å². The summed E-state index contributed by atoms with van der Waals surface area (Å²) in [7, 11) is 2.02. The molecule has 3 aromatic rings. The molecule has 2 aromatic heterocycles. The van der Waals surface area contributed by atoms with E-state index in [9.17, 15) is 0 Å². The number of fused-ring (bicyclic) bond motifs is 1. The molecule has 0 fully saturated rings. The van der Waals surface area contributed by atoms with Crippen molar-refractivity contribution in [2.75, 3.05) is 0 Å². The van der Waals surface area contributed by atoms with Crippen LogP contribution in [0.2, 0.25) is 0 Å². The van der Waals surface area contributed by atoms with Crippen LogP contribution in [-0.4, -0.2) is 14.5 Å². The molecule has 0 amide bonds. The predicted octanol–water partition coefficient (Wildman–Crippen LogP) is 3.23. The van der Waals surface area contributed by atoms with Crippen LogP contribution in [0, 0.1) is 6.92 Å². The van der Waals surface area contributed by atoms with Crippen molar-refractivity contribution < 1.29 is 0 Å². The van der Waals surface area contributed by atoms with Crippen LogP contribution in [-0.2, 0) is 13.6 Å². The molecular weight excluding hydrogens is 324 g/mol. The molecule has 0 radical (unpaired) electrons. The number of nitrogens with two attached hydrogens (primary N) is 1. The van der Waals surface area contributed by atoms with E-state index in [0.717, 1.165) is 36.9 Å². The molecule has 0 spiro atoms. The van der Waals surface area contributed by atoms with Crippen LogP contribution in [0.5, 0.6) is 0 Å². The molecule has 3 rings (SSSR count). The molecular formula is C13H13BrN4S. The van der Waals surface area contributed by atoms with E-state index in [1.54, 1.807) is 11.3 Å².